The molecule has 198 valence electrons. The number of carbonyl (C=O) groups is 2. The molecule has 0 saturated heterocycles. The third-order valence-corrected chi connectivity index (χ3v) is 6.55. The molecular weight excluding hydrogens is 518 g/mol. The van der Waals surface area contributed by atoms with Crippen LogP contribution in [0.1, 0.15) is 34.8 Å². The molecule has 2 N–H and O–H groups in total. The number of nitrogens with zero attached hydrogens (tertiary/aromatic N) is 5. The summed E-state index contributed by atoms with van der Waals surface area (Å²) in [7, 11) is 0. The number of pyridine rings is 1. The molecule has 0 aliphatic carbocycles. The van der Waals surface area contributed by atoms with Crippen molar-refractivity contribution in [3.8, 4) is 11.5 Å². The van der Waals surface area contributed by atoms with Crippen LogP contribution in [0, 0.1) is 0 Å². The second kappa shape index (κ2) is 12.7. The number of anilines is 2. The van der Waals surface area contributed by atoms with Gasteiger partial charge in [0, 0.05) is 24.4 Å². The molecule has 4 heterocycles. The Bertz CT molecular complexity index is 1460. The third-order valence-electron chi connectivity index (χ3n) is 5.65. The number of ether oxygens (including phenoxy) is 2. The predicted octanol–water partition coefficient (Wildman–Crippen LogP) is 3.85. The summed E-state index contributed by atoms with van der Waals surface area (Å²) in [6.45, 7) is 0.205. The van der Waals surface area contributed by atoms with E-state index in [0.29, 0.717) is 28.1 Å². The number of hydrogen-bond acceptors (Lipinski definition) is 10. The number of benzene rings is 1. The highest BCUT2D eigenvalue weighted by atomic mass is 32.1. The lowest BCUT2D eigenvalue weighted by atomic mass is 10.1. The first-order chi connectivity index (χ1) is 19.1. The van der Waals surface area contributed by atoms with Gasteiger partial charge in [0.1, 0.15) is 5.01 Å². The Morgan fingerprint density at radius 3 is 2.64 bits per heavy atom. The average Bonchev–Trinajstić information content (AvgIpc) is 3.60. The molecule has 3 aromatic heterocycles. The van der Waals surface area contributed by atoms with Crippen molar-refractivity contribution in [3.05, 3.63) is 82.8 Å². The first-order valence-corrected chi connectivity index (χ1v) is 13.2. The molecule has 0 fully saturated rings. The smallest absolute Gasteiger partial charge is 0.249 e. The number of unbranched alkanes of at least 4 members (excludes halogenated alkanes) is 1. The Kier molecular flexibility index (Phi) is 8.44. The van der Waals surface area contributed by atoms with E-state index >= 15 is 0 Å². The minimum Gasteiger partial charge on any atom is -0.454 e. The number of nitrogens with one attached hydrogen (secondary N) is 2. The fourth-order valence-electron chi connectivity index (χ4n) is 3.73. The molecule has 4 aromatic rings. The summed E-state index contributed by atoms with van der Waals surface area (Å²) in [6, 6.07) is 14.5. The van der Waals surface area contributed by atoms with Crippen molar-refractivity contribution >= 4 is 40.2 Å². The molecule has 5 rings (SSSR count). The number of aromatic nitrogens is 5. The number of amides is 2. The molecule has 0 atom stereocenters. The van der Waals surface area contributed by atoms with E-state index in [2.05, 4.69) is 36.0 Å². The fourth-order valence-corrected chi connectivity index (χ4v) is 4.53. The second-order valence-electron chi connectivity index (χ2n) is 8.60. The fraction of sp³-hybridized carbons (Fsp3) is 0.222. The first-order valence-electron chi connectivity index (χ1n) is 12.3. The predicted molar refractivity (Wildman–Crippen MR) is 145 cm³/mol. The van der Waals surface area contributed by atoms with Gasteiger partial charge >= 0.3 is 0 Å². The maximum atomic E-state index is 12.2. The molecule has 0 spiro atoms. The van der Waals surface area contributed by atoms with Crippen molar-refractivity contribution in [2.24, 2.45) is 0 Å². The van der Waals surface area contributed by atoms with Gasteiger partial charge in [-0.05, 0) is 67.3 Å². The summed E-state index contributed by atoms with van der Waals surface area (Å²) < 4.78 is 10.6. The van der Waals surface area contributed by atoms with E-state index in [1.807, 2.05) is 30.3 Å². The summed E-state index contributed by atoms with van der Waals surface area (Å²) in [5.41, 5.74) is 2.36. The summed E-state index contributed by atoms with van der Waals surface area (Å²) in [4.78, 5) is 28.5. The zero-order valence-corrected chi connectivity index (χ0v) is 21.7. The highest BCUT2D eigenvalue weighted by Crippen LogP contribution is 2.32. The number of rotatable bonds is 11. The summed E-state index contributed by atoms with van der Waals surface area (Å²) in [5.74, 6) is 1.26. The van der Waals surface area contributed by atoms with Crippen LogP contribution in [0.15, 0.2) is 60.8 Å². The van der Waals surface area contributed by atoms with Crippen LogP contribution in [0.2, 0.25) is 0 Å². The van der Waals surface area contributed by atoms with Crippen LogP contribution < -0.4 is 20.1 Å². The minimum atomic E-state index is -0.306. The van der Waals surface area contributed by atoms with Crippen molar-refractivity contribution in [2.45, 2.75) is 32.1 Å². The highest BCUT2D eigenvalue weighted by molar-refractivity contribution is 7.15. The van der Waals surface area contributed by atoms with Gasteiger partial charge in [-0.1, -0.05) is 23.5 Å². The van der Waals surface area contributed by atoms with Crippen molar-refractivity contribution in [2.75, 3.05) is 17.4 Å². The van der Waals surface area contributed by atoms with Gasteiger partial charge in [-0.15, -0.1) is 15.3 Å². The molecule has 0 unspecified atom stereocenters. The van der Waals surface area contributed by atoms with E-state index in [9.17, 15) is 9.59 Å². The largest absolute Gasteiger partial charge is 0.454 e. The monoisotopic (exact) mass is 543 g/mol. The van der Waals surface area contributed by atoms with E-state index in [1.54, 1.807) is 30.5 Å². The van der Waals surface area contributed by atoms with Gasteiger partial charge < -0.3 is 20.1 Å². The number of hydrogen-bond donors (Lipinski definition) is 2. The van der Waals surface area contributed by atoms with Gasteiger partial charge in [0.2, 0.25) is 23.7 Å². The van der Waals surface area contributed by atoms with Crippen molar-refractivity contribution in [1.29, 1.82) is 0 Å². The average molecular weight is 544 g/mol. The highest BCUT2D eigenvalue weighted by Gasteiger charge is 2.13. The molecule has 0 bridgehead atoms. The molecule has 39 heavy (non-hydrogen) atoms. The summed E-state index contributed by atoms with van der Waals surface area (Å²) in [6.07, 6.45) is 8.25. The minimum absolute atomic E-state index is 0.171. The van der Waals surface area contributed by atoms with Gasteiger partial charge in [-0.3, -0.25) is 14.6 Å². The Morgan fingerprint density at radius 1 is 0.897 bits per heavy atom. The maximum Gasteiger partial charge on any atom is 0.249 e. The Morgan fingerprint density at radius 2 is 1.79 bits per heavy atom. The molecular formula is C27H25N7O4S. The van der Waals surface area contributed by atoms with E-state index in [0.717, 1.165) is 41.9 Å². The lowest BCUT2D eigenvalue weighted by molar-refractivity contribution is -0.115. The van der Waals surface area contributed by atoms with E-state index in [4.69, 9.17) is 9.47 Å². The van der Waals surface area contributed by atoms with Gasteiger partial charge in [-0.25, -0.2) is 0 Å². The van der Waals surface area contributed by atoms with E-state index < -0.39 is 0 Å². The van der Waals surface area contributed by atoms with Crippen LogP contribution in [-0.2, 0) is 28.9 Å². The maximum absolute atomic E-state index is 12.2. The molecule has 2 amide bonds. The number of aryl methyl sites for hydroxylation is 2. The first kappa shape index (κ1) is 25.9. The van der Waals surface area contributed by atoms with Crippen molar-refractivity contribution in [1.82, 2.24) is 25.4 Å². The normalized spacial score (nSPS) is 12.0. The molecule has 0 radical (unpaired) electrons. The second-order valence-corrected chi connectivity index (χ2v) is 9.66. The van der Waals surface area contributed by atoms with Crippen LogP contribution in [0.5, 0.6) is 11.5 Å². The lowest BCUT2D eigenvalue weighted by Gasteiger charge is -2.03. The third kappa shape index (κ3) is 7.65. The van der Waals surface area contributed by atoms with Gasteiger partial charge in [0.25, 0.3) is 0 Å². The Hall–Kier alpha value is -4.71. The van der Waals surface area contributed by atoms with Crippen molar-refractivity contribution < 1.29 is 19.1 Å². The molecule has 1 aliphatic heterocycles. The molecule has 1 aromatic carbocycles. The Labute approximate surface area is 228 Å². The SMILES string of the molecule is O=C(/C=C/c1ccc2c(c1)OCO2)Nc1ccc(CCCCc2nnc(NC(=O)Cc3ccccn3)s2)nn1. The van der Waals surface area contributed by atoms with Crippen LogP contribution in [-0.4, -0.2) is 44.0 Å². The lowest BCUT2D eigenvalue weighted by Crippen LogP contribution is -2.14. The van der Waals surface area contributed by atoms with Gasteiger partial charge in [0.05, 0.1) is 12.1 Å². The zero-order chi connectivity index (χ0) is 26.9. The standard InChI is InChI=1S/C27H25N7O4S/c35-24(13-9-18-8-11-21-22(15-18)38-17-37-21)29-23-12-10-19(31-32-23)5-1-2-7-26-33-34-27(39-26)30-25(36)16-20-6-3-4-14-28-20/h3-4,6,8-15H,1-2,5,7,16-17H2,(H,29,32,35)(H,30,34,36)/b13-9+. The summed E-state index contributed by atoms with van der Waals surface area (Å²) >= 11 is 1.37. The zero-order valence-electron chi connectivity index (χ0n) is 20.9. The van der Waals surface area contributed by atoms with Crippen molar-refractivity contribution in [3.63, 3.8) is 0 Å². The quantitative estimate of drug-likeness (QED) is 0.213. The number of fused-ring (bicyclic) bond motifs is 1. The Balaban J connectivity index is 1.01. The van der Waals surface area contributed by atoms with E-state index in [-0.39, 0.29) is 25.0 Å². The molecule has 1 aliphatic rings. The topological polar surface area (TPSA) is 141 Å². The van der Waals surface area contributed by atoms with Crippen LogP contribution in [0.25, 0.3) is 6.08 Å². The molecule has 0 saturated carbocycles. The van der Waals surface area contributed by atoms with Crippen LogP contribution in [0.3, 0.4) is 0 Å². The molecule has 12 heteroatoms. The van der Waals surface area contributed by atoms with Gasteiger partial charge in [-0.2, -0.15) is 5.10 Å². The van der Waals surface area contributed by atoms with E-state index in [1.165, 1.54) is 17.4 Å². The van der Waals surface area contributed by atoms with Crippen LogP contribution in [0.4, 0.5) is 10.9 Å². The van der Waals surface area contributed by atoms with Gasteiger partial charge in [0.15, 0.2) is 17.3 Å². The van der Waals surface area contributed by atoms with Crippen LogP contribution >= 0.6 is 11.3 Å². The summed E-state index contributed by atoms with van der Waals surface area (Å²) in [5, 5.41) is 23.4. The number of carbonyl (C=O) groups excluding carboxylic acids is 2. The molecule has 11 nitrogen and oxygen atoms in total.